The number of hydrogen-bond acceptors (Lipinski definition) is 4. The maximum atomic E-state index is 11.1. The maximum Gasteiger partial charge on any atom is 0.315 e. The summed E-state index contributed by atoms with van der Waals surface area (Å²) in [6.45, 7) is 1.39. The van der Waals surface area contributed by atoms with E-state index in [2.05, 4.69) is 23.3 Å². The zero-order valence-corrected chi connectivity index (χ0v) is 13.0. The van der Waals surface area contributed by atoms with Crippen LogP contribution in [0.25, 0.3) is 0 Å². The van der Waals surface area contributed by atoms with Gasteiger partial charge in [0.15, 0.2) is 5.12 Å². The van der Waals surface area contributed by atoms with Gasteiger partial charge in [0, 0.05) is 24.3 Å². The fraction of sp³-hybridized carbons (Fsp3) is 0.750. The number of carbonyl (C=O) groups is 3. The van der Waals surface area contributed by atoms with Crippen molar-refractivity contribution in [2.24, 2.45) is 0 Å². The minimum absolute atomic E-state index is 0.0640. The highest BCUT2D eigenvalue weighted by Gasteiger charge is 2.42. The van der Waals surface area contributed by atoms with Gasteiger partial charge < -0.3 is 15.7 Å². The van der Waals surface area contributed by atoms with Crippen molar-refractivity contribution in [2.45, 2.75) is 49.9 Å². The van der Waals surface area contributed by atoms with Crippen LogP contribution in [-0.4, -0.2) is 45.3 Å². The van der Waals surface area contributed by atoms with Gasteiger partial charge in [-0.1, -0.05) is 6.42 Å². The van der Waals surface area contributed by atoms with Crippen LogP contribution >= 0.6 is 24.4 Å². The van der Waals surface area contributed by atoms with Crippen molar-refractivity contribution in [2.75, 3.05) is 5.75 Å². The molecule has 0 aromatic heterocycles. The van der Waals surface area contributed by atoms with Crippen LogP contribution in [0.4, 0.5) is 4.79 Å². The lowest BCUT2D eigenvalue weighted by atomic mass is 10.0. The molecule has 2 fully saturated rings. The van der Waals surface area contributed by atoms with Crippen LogP contribution in [0.2, 0.25) is 0 Å². The van der Waals surface area contributed by atoms with Crippen LogP contribution in [-0.2, 0) is 9.59 Å². The van der Waals surface area contributed by atoms with Crippen molar-refractivity contribution in [1.82, 2.24) is 10.6 Å². The first-order chi connectivity index (χ1) is 9.40. The molecule has 6 nitrogen and oxygen atoms in total. The van der Waals surface area contributed by atoms with E-state index in [-0.39, 0.29) is 29.7 Å². The highest BCUT2D eigenvalue weighted by Crippen LogP contribution is 2.33. The lowest BCUT2D eigenvalue weighted by Gasteiger charge is -2.16. The van der Waals surface area contributed by atoms with E-state index in [4.69, 9.17) is 5.11 Å². The van der Waals surface area contributed by atoms with E-state index in [1.54, 1.807) is 0 Å². The Morgan fingerprint density at radius 1 is 1.40 bits per heavy atom. The monoisotopic (exact) mass is 320 g/mol. The second kappa shape index (κ2) is 8.41. The molecule has 3 N–H and O–H groups in total. The number of carboxylic acids is 1. The Balaban J connectivity index is 0.000000444. The van der Waals surface area contributed by atoms with Gasteiger partial charge in [0.25, 0.3) is 0 Å². The van der Waals surface area contributed by atoms with Gasteiger partial charge in [-0.15, -0.1) is 12.6 Å². The van der Waals surface area contributed by atoms with Crippen molar-refractivity contribution in [3.63, 3.8) is 0 Å². The van der Waals surface area contributed by atoms with Crippen molar-refractivity contribution < 1.29 is 19.5 Å². The smallest absolute Gasteiger partial charge is 0.315 e. The second-order valence-corrected chi connectivity index (χ2v) is 6.68. The summed E-state index contributed by atoms with van der Waals surface area (Å²) in [4.78, 5) is 30.8. The highest BCUT2D eigenvalue weighted by molar-refractivity contribution is 8.00. The molecule has 2 rings (SSSR count). The zero-order chi connectivity index (χ0) is 15.1. The second-order valence-electron chi connectivity index (χ2n) is 4.78. The predicted molar refractivity (Wildman–Crippen MR) is 81.3 cm³/mol. The number of nitrogens with one attached hydrogen (secondary N) is 2. The van der Waals surface area contributed by atoms with Gasteiger partial charge in [-0.3, -0.25) is 9.59 Å². The Kier molecular flexibility index (Phi) is 7.22. The minimum atomic E-state index is -0.729. The summed E-state index contributed by atoms with van der Waals surface area (Å²) < 4.78 is 0. The average molecular weight is 320 g/mol. The fourth-order valence-corrected chi connectivity index (χ4v) is 3.81. The van der Waals surface area contributed by atoms with Gasteiger partial charge in [0.2, 0.25) is 0 Å². The molecule has 0 unspecified atom stereocenters. The number of aliphatic carboxylic acids is 1. The zero-order valence-electron chi connectivity index (χ0n) is 11.3. The number of hydrogen-bond donors (Lipinski definition) is 4. The van der Waals surface area contributed by atoms with E-state index >= 15 is 0 Å². The Labute approximate surface area is 127 Å². The molecule has 2 heterocycles. The van der Waals surface area contributed by atoms with Crippen LogP contribution in [0.3, 0.4) is 0 Å². The quantitative estimate of drug-likeness (QED) is 0.347. The molecular formula is C12H20N2O4S2. The summed E-state index contributed by atoms with van der Waals surface area (Å²) in [6, 6.07) is 0.440. The normalized spacial score (nSPS) is 26.9. The molecule has 2 amide bonds. The summed E-state index contributed by atoms with van der Waals surface area (Å²) in [7, 11) is 0. The summed E-state index contributed by atoms with van der Waals surface area (Å²) in [5.41, 5.74) is 0. The number of rotatable bonds is 5. The standard InChI is InChI=1S/C10H16N2O3S.C2H4OS/c13-8(14)4-2-1-3-7-9-6(5-16-7)11-10(15)12-9;1-2(3)4/h6-7,9H,1-5H2,(H,13,14)(H2,11,12,15);1H3,(H,3,4)/t6-,7-,9-;/m0./s1. The molecule has 20 heavy (non-hydrogen) atoms. The molecule has 0 spiro atoms. The number of carbonyl (C=O) groups excluding carboxylic acids is 2. The van der Waals surface area contributed by atoms with Crippen LogP contribution in [0.5, 0.6) is 0 Å². The molecule has 0 aliphatic carbocycles. The van der Waals surface area contributed by atoms with E-state index in [0.29, 0.717) is 5.25 Å². The number of amides is 2. The van der Waals surface area contributed by atoms with Crippen LogP contribution in [0.15, 0.2) is 0 Å². The number of carboxylic acid groups (broad SMARTS) is 1. The number of unbranched alkanes of at least 4 members (excludes halogenated alkanes) is 1. The molecule has 3 atom stereocenters. The van der Waals surface area contributed by atoms with E-state index in [0.717, 1.165) is 25.0 Å². The molecule has 0 aromatic rings. The minimum Gasteiger partial charge on any atom is -0.481 e. The van der Waals surface area contributed by atoms with E-state index in [1.165, 1.54) is 6.92 Å². The number of thioether (sulfide) groups is 1. The molecule has 0 aromatic carbocycles. The van der Waals surface area contributed by atoms with Gasteiger partial charge in [0.05, 0.1) is 12.1 Å². The van der Waals surface area contributed by atoms with E-state index in [1.807, 2.05) is 11.8 Å². The molecular weight excluding hydrogens is 300 g/mol. The number of urea groups is 1. The third-order valence-electron chi connectivity index (χ3n) is 3.07. The molecule has 0 saturated carbocycles. The summed E-state index contributed by atoms with van der Waals surface area (Å²) in [5, 5.41) is 14.6. The molecule has 2 saturated heterocycles. The molecule has 114 valence electrons. The molecule has 2 aliphatic heterocycles. The van der Waals surface area contributed by atoms with Gasteiger partial charge in [-0.2, -0.15) is 11.8 Å². The largest absolute Gasteiger partial charge is 0.481 e. The summed E-state index contributed by atoms with van der Waals surface area (Å²) >= 11 is 5.20. The number of thiol groups is 1. The topological polar surface area (TPSA) is 95.5 Å². The van der Waals surface area contributed by atoms with Crippen LogP contribution < -0.4 is 10.6 Å². The predicted octanol–water partition coefficient (Wildman–Crippen LogP) is 1.26. The highest BCUT2D eigenvalue weighted by atomic mass is 32.2. The Morgan fingerprint density at radius 2 is 2.05 bits per heavy atom. The number of fused-ring (bicyclic) bond motifs is 1. The Bertz CT molecular complexity index is 374. The fourth-order valence-electron chi connectivity index (χ4n) is 2.26. The van der Waals surface area contributed by atoms with Gasteiger partial charge >= 0.3 is 12.0 Å². The van der Waals surface area contributed by atoms with Crippen LogP contribution in [0.1, 0.15) is 32.6 Å². The van der Waals surface area contributed by atoms with E-state index < -0.39 is 5.97 Å². The lowest BCUT2D eigenvalue weighted by molar-refractivity contribution is -0.137. The molecule has 0 bridgehead atoms. The van der Waals surface area contributed by atoms with Gasteiger partial charge in [-0.25, -0.2) is 4.79 Å². The maximum absolute atomic E-state index is 11.1. The SMILES string of the molecule is CC(=O)S.O=C(O)CCCC[C@@H]1SC[C@@H]2NC(=O)N[C@@H]21. The van der Waals surface area contributed by atoms with Crippen molar-refractivity contribution in [3.05, 3.63) is 0 Å². The van der Waals surface area contributed by atoms with Crippen molar-refractivity contribution in [1.29, 1.82) is 0 Å². The summed E-state index contributed by atoms with van der Waals surface area (Å²) in [6.07, 6.45) is 2.88. The van der Waals surface area contributed by atoms with Gasteiger partial charge in [-0.05, 0) is 12.8 Å². The average Bonchev–Trinajstić information content (AvgIpc) is 2.83. The Morgan fingerprint density at radius 3 is 2.65 bits per heavy atom. The lowest BCUT2D eigenvalue weighted by Crippen LogP contribution is -2.36. The molecule has 0 radical (unpaired) electrons. The van der Waals surface area contributed by atoms with Crippen molar-refractivity contribution in [3.8, 4) is 0 Å². The third-order valence-corrected chi connectivity index (χ3v) is 4.58. The Hall–Kier alpha value is -0.890. The van der Waals surface area contributed by atoms with Crippen LogP contribution in [0, 0.1) is 0 Å². The first-order valence-electron chi connectivity index (χ1n) is 6.50. The van der Waals surface area contributed by atoms with E-state index in [9.17, 15) is 14.4 Å². The van der Waals surface area contributed by atoms with Gasteiger partial charge in [0.1, 0.15) is 0 Å². The molecule has 8 heteroatoms. The van der Waals surface area contributed by atoms with Crippen molar-refractivity contribution >= 4 is 41.5 Å². The molecule has 2 aliphatic rings. The first-order valence-corrected chi connectivity index (χ1v) is 7.99. The first kappa shape index (κ1) is 17.2. The third kappa shape index (κ3) is 6.04. The summed E-state index contributed by atoms with van der Waals surface area (Å²) in [5.74, 6) is 0.236.